The van der Waals surface area contributed by atoms with Gasteiger partial charge in [0.1, 0.15) is 11.6 Å². The van der Waals surface area contributed by atoms with Gasteiger partial charge in [0, 0.05) is 48.0 Å². The van der Waals surface area contributed by atoms with Gasteiger partial charge in [-0.25, -0.2) is 19.3 Å². The molecule has 5 aromatic rings. The number of anilines is 1. The maximum absolute atomic E-state index is 13.7. The number of hydrogen-bond donors (Lipinski definition) is 1. The number of fused-ring (bicyclic) bond motifs is 2. The van der Waals surface area contributed by atoms with Gasteiger partial charge in [0.15, 0.2) is 0 Å². The molecule has 0 radical (unpaired) electrons. The fourth-order valence-electron chi connectivity index (χ4n) is 5.06. The Kier molecular flexibility index (Phi) is 5.93. The largest absolute Gasteiger partial charge is 0.354 e. The summed E-state index contributed by atoms with van der Waals surface area (Å²) in [6.07, 6.45) is 6.72. The highest BCUT2D eigenvalue weighted by Gasteiger charge is 2.31. The molecule has 4 heterocycles. The first-order valence-corrected chi connectivity index (χ1v) is 12.7. The van der Waals surface area contributed by atoms with Crippen LogP contribution in [-0.2, 0) is 13.0 Å². The highest BCUT2D eigenvalue weighted by atomic mass is 35.5. The van der Waals surface area contributed by atoms with Gasteiger partial charge in [-0.3, -0.25) is 0 Å². The molecule has 1 N–H and O–H groups in total. The number of nitrogens with one attached hydrogen (secondary N) is 1. The van der Waals surface area contributed by atoms with Crippen LogP contribution in [0.25, 0.3) is 33.5 Å². The Balaban J connectivity index is 1.46. The summed E-state index contributed by atoms with van der Waals surface area (Å²) in [5.74, 6) is 1.34. The lowest BCUT2D eigenvalue weighted by atomic mass is 10.1. The number of aryl methyl sites for hydroxylation is 1. The quantitative estimate of drug-likeness (QED) is 0.268. The minimum atomic E-state index is -0.267. The minimum Gasteiger partial charge on any atom is -0.354 e. The van der Waals surface area contributed by atoms with Gasteiger partial charge < -0.3 is 14.5 Å². The first-order valence-electron chi connectivity index (χ1n) is 12.3. The first-order chi connectivity index (χ1) is 17.6. The van der Waals surface area contributed by atoms with Crippen LogP contribution in [0.3, 0.4) is 0 Å². The normalized spacial score (nSPS) is 14.9. The fourth-order valence-corrected chi connectivity index (χ4v) is 5.22. The minimum absolute atomic E-state index is 0.188. The molecule has 6 nitrogen and oxygen atoms in total. The molecule has 2 aromatic carbocycles. The fraction of sp³-hybridized carbons (Fsp3) is 0.250. The van der Waals surface area contributed by atoms with E-state index in [4.69, 9.17) is 21.6 Å². The first kappa shape index (κ1) is 22.7. The predicted octanol–water partition coefficient (Wildman–Crippen LogP) is 6.76. The van der Waals surface area contributed by atoms with Crippen LogP contribution >= 0.6 is 11.6 Å². The summed E-state index contributed by atoms with van der Waals surface area (Å²) in [4.78, 5) is 14.3. The van der Waals surface area contributed by atoms with E-state index in [0.717, 1.165) is 76.7 Å². The van der Waals surface area contributed by atoms with E-state index < -0.39 is 0 Å². The van der Waals surface area contributed by atoms with Crippen molar-refractivity contribution < 1.29 is 4.39 Å². The third-order valence-corrected chi connectivity index (χ3v) is 6.98. The zero-order chi connectivity index (χ0) is 24.6. The van der Waals surface area contributed by atoms with Crippen molar-refractivity contribution in [3.05, 3.63) is 83.7 Å². The molecule has 0 saturated heterocycles. The van der Waals surface area contributed by atoms with E-state index in [1.165, 1.54) is 12.1 Å². The molecule has 1 aliphatic rings. The summed E-state index contributed by atoms with van der Waals surface area (Å²) < 4.78 is 18.3. The smallest absolute Gasteiger partial charge is 0.223 e. The zero-order valence-electron chi connectivity index (χ0n) is 20.0. The van der Waals surface area contributed by atoms with Crippen molar-refractivity contribution in [3.8, 4) is 22.6 Å². The molecule has 3 aromatic heterocycles. The van der Waals surface area contributed by atoms with Gasteiger partial charge in [0.2, 0.25) is 5.95 Å². The number of nitrogens with zero attached hydrogens (tertiary/aromatic N) is 5. The molecular formula is C28H26ClFN6. The Morgan fingerprint density at radius 1 is 1.08 bits per heavy atom. The average Bonchev–Trinajstić information content (AvgIpc) is 3.58. The maximum atomic E-state index is 13.7. The van der Waals surface area contributed by atoms with Crippen LogP contribution < -0.4 is 5.32 Å². The molecule has 0 aliphatic carbocycles. The second kappa shape index (κ2) is 9.39. The van der Waals surface area contributed by atoms with Gasteiger partial charge in [-0.2, -0.15) is 0 Å². The molecule has 6 rings (SSSR count). The Hall–Kier alpha value is -3.71. The van der Waals surface area contributed by atoms with Crippen molar-refractivity contribution in [2.24, 2.45) is 0 Å². The Morgan fingerprint density at radius 3 is 2.78 bits per heavy atom. The zero-order valence-corrected chi connectivity index (χ0v) is 20.7. The molecular weight excluding hydrogens is 475 g/mol. The summed E-state index contributed by atoms with van der Waals surface area (Å²) in [5.41, 5.74) is 4.54. The van der Waals surface area contributed by atoms with Gasteiger partial charge in [0.05, 0.1) is 23.1 Å². The van der Waals surface area contributed by atoms with E-state index in [9.17, 15) is 4.39 Å². The van der Waals surface area contributed by atoms with E-state index >= 15 is 0 Å². The number of rotatable bonds is 7. The van der Waals surface area contributed by atoms with E-state index in [0.29, 0.717) is 5.95 Å². The van der Waals surface area contributed by atoms with Gasteiger partial charge in [-0.15, -0.1) is 0 Å². The second-order valence-electron chi connectivity index (χ2n) is 9.16. The summed E-state index contributed by atoms with van der Waals surface area (Å²) in [6.45, 7) is 3.69. The highest BCUT2D eigenvalue weighted by molar-refractivity contribution is 6.31. The van der Waals surface area contributed by atoms with Crippen LogP contribution in [0.2, 0.25) is 5.02 Å². The van der Waals surface area contributed by atoms with Crippen molar-refractivity contribution in [1.82, 2.24) is 24.1 Å². The Bertz CT molecular complexity index is 1540. The molecule has 0 bridgehead atoms. The SMILES string of the molecule is CCCNc1nccc(-c2c(-c3ccc(F)cc3)nc3n2C(Cn2ccc4ccc(Cl)cc42)CC3)n1. The predicted molar refractivity (Wildman–Crippen MR) is 142 cm³/mol. The van der Waals surface area contributed by atoms with Crippen molar-refractivity contribution >= 4 is 28.5 Å². The highest BCUT2D eigenvalue weighted by Crippen LogP contribution is 2.40. The topological polar surface area (TPSA) is 60.6 Å². The van der Waals surface area contributed by atoms with Crippen molar-refractivity contribution in [1.29, 1.82) is 0 Å². The van der Waals surface area contributed by atoms with Gasteiger partial charge in [-0.05, 0) is 66.8 Å². The monoisotopic (exact) mass is 500 g/mol. The number of imidazole rings is 1. The molecule has 1 unspecified atom stereocenters. The van der Waals surface area contributed by atoms with Crippen LogP contribution in [0.4, 0.5) is 10.3 Å². The molecule has 0 amide bonds. The number of hydrogen-bond acceptors (Lipinski definition) is 4. The van der Waals surface area contributed by atoms with Crippen LogP contribution in [0.5, 0.6) is 0 Å². The lowest BCUT2D eigenvalue weighted by Gasteiger charge is -2.19. The van der Waals surface area contributed by atoms with Crippen LogP contribution in [0.1, 0.15) is 31.6 Å². The molecule has 36 heavy (non-hydrogen) atoms. The molecule has 0 saturated carbocycles. The molecule has 1 atom stereocenters. The van der Waals surface area contributed by atoms with Gasteiger partial charge in [-0.1, -0.05) is 24.6 Å². The lowest BCUT2D eigenvalue weighted by molar-refractivity contribution is 0.459. The summed E-state index contributed by atoms with van der Waals surface area (Å²) >= 11 is 6.31. The van der Waals surface area contributed by atoms with Gasteiger partial charge in [0.25, 0.3) is 0 Å². The standard InChI is InChI=1S/C28H26ClFN6/c1-2-13-31-28-32-14-11-23(33-28)27-26(19-4-7-21(30)8-5-19)34-25-10-9-22(36(25)27)17-35-15-12-18-3-6-20(29)16-24(18)35/h3-8,11-12,14-16,22H,2,9-10,13,17H2,1H3,(H,31,32,33). The van der Waals surface area contributed by atoms with E-state index in [2.05, 4.69) is 44.7 Å². The lowest BCUT2D eigenvalue weighted by Crippen LogP contribution is -2.14. The molecule has 8 heteroatoms. The Labute approximate surface area is 213 Å². The second-order valence-corrected chi connectivity index (χ2v) is 9.59. The summed E-state index contributed by atoms with van der Waals surface area (Å²) in [7, 11) is 0. The van der Waals surface area contributed by atoms with Crippen molar-refractivity contribution in [2.75, 3.05) is 11.9 Å². The summed E-state index contributed by atoms with van der Waals surface area (Å²) in [6, 6.07) is 16.7. The van der Waals surface area contributed by atoms with Gasteiger partial charge >= 0.3 is 0 Å². The number of aromatic nitrogens is 5. The van der Waals surface area contributed by atoms with Crippen molar-refractivity contribution in [3.63, 3.8) is 0 Å². The van der Waals surface area contributed by atoms with E-state index in [1.54, 1.807) is 18.3 Å². The van der Waals surface area contributed by atoms with Crippen molar-refractivity contribution in [2.45, 2.75) is 38.8 Å². The van der Waals surface area contributed by atoms with Crippen LogP contribution in [0, 0.1) is 5.82 Å². The van der Waals surface area contributed by atoms with E-state index in [-0.39, 0.29) is 11.9 Å². The summed E-state index contributed by atoms with van der Waals surface area (Å²) in [5, 5.41) is 5.18. The third-order valence-electron chi connectivity index (χ3n) is 6.74. The number of benzene rings is 2. The molecule has 0 fully saturated rings. The number of halogens is 2. The third kappa shape index (κ3) is 4.13. The van der Waals surface area contributed by atoms with Crippen LogP contribution in [0.15, 0.2) is 67.0 Å². The maximum Gasteiger partial charge on any atom is 0.223 e. The average molecular weight is 501 g/mol. The molecule has 1 aliphatic heterocycles. The van der Waals surface area contributed by atoms with Crippen LogP contribution in [-0.4, -0.2) is 30.6 Å². The van der Waals surface area contributed by atoms with E-state index in [1.807, 2.05) is 18.2 Å². The Morgan fingerprint density at radius 2 is 1.94 bits per heavy atom. The molecule has 182 valence electrons. The molecule has 0 spiro atoms.